The number of benzene rings is 1. The number of hydrogen-bond acceptors (Lipinski definition) is 6. The number of hydrogen-bond donors (Lipinski definition) is 1. The summed E-state index contributed by atoms with van der Waals surface area (Å²) >= 11 is 3.35. The Hall–Kier alpha value is -2.51. The number of carbonyl (C=O) groups is 2. The maximum atomic E-state index is 12.3. The lowest BCUT2D eigenvalue weighted by atomic mass is 10.0. The molecular weight excluding hydrogens is 392 g/mol. The number of methoxy groups -OCH3 is 1. The van der Waals surface area contributed by atoms with Gasteiger partial charge in [-0.1, -0.05) is 0 Å². The molecule has 2 heterocycles. The Morgan fingerprint density at radius 3 is 2.71 bits per heavy atom. The van der Waals surface area contributed by atoms with E-state index in [-0.39, 0.29) is 18.1 Å². The maximum absolute atomic E-state index is 12.3. The average Bonchev–Trinajstić information content (AvgIpc) is 3.30. The van der Waals surface area contributed by atoms with Crippen LogP contribution in [-0.2, 0) is 17.6 Å². The van der Waals surface area contributed by atoms with Gasteiger partial charge < -0.3 is 10.1 Å². The zero-order chi connectivity index (χ0) is 20.1. The second kappa shape index (κ2) is 9.12. The number of rotatable bonds is 8. The van der Waals surface area contributed by atoms with Crippen molar-refractivity contribution in [2.45, 2.75) is 26.7 Å². The van der Waals surface area contributed by atoms with Gasteiger partial charge in [0.25, 0.3) is 0 Å². The molecule has 5 nitrogen and oxygen atoms in total. The van der Waals surface area contributed by atoms with Gasteiger partial charge in [-0.05, 0) is 50.6 Å². The summed E-state index contributed by atoms with van der Waals surface area (Å²) in [5.41, 5.74) is 2.30. The molecule has 0 saturated heterocycles. The SMILES string of the molecule is COc1ccc(C(C)=O)cc1CC(=O)NCCc1ccc(-c2csc(C)n2)s1. The molecule has 3 rings (SSSR count). The Kier molecular flexibility index (Phi) is 6.59. The number of aromatic nitrogens is 1. The fourth-order valence-electron chi connectivity index (χ4n) is 2.82. The highest BCUT2D eigenvalue weighted by atomic mass is 32.1. The molecule has 0 spiro atoms. The minimum atomic E-state index is -0.0918. The van der Waals surface area contributed by atoms with E-state index in [4.69, 9.17) is 4.74 Å². The molecular formula is C21H22N2O3S2. The lowest BCUT2D eigenvalue weighted by Gasteiger charge is -2.10. The molecule has 146 valence electrons. The summed E-state index contributed by atoms with van der Waals surface area (Å²) in [7, 11) is 1.56. The van der Waals surface area contributed by atoms with Crippen LogP contribution >= 0.6 is 22.7 Å². The third kappa shape index (κ3) is 5.05. The Balaban J connectivity index is 1.54. The van der Waals surface area contributed by atoms with Gasteiger partial charge in [0.05, 0.1) is 29.1 Å². The standard InChI is InChI=1S/C21H22N2O3S2/c1-13(24)15-4-6-19(26-3)16(10-15)11-21(25)22-9-8-17-5-7-20(28-17)18-12-27-14(2)23-18/h4-7,10,12H,8-9,11H2,1-3H3,(H,22,25). The number of nitrogens with one attached hydrogen (secondary N) is 1. The van der Waals surface area contributed by atoms with Crippen LogP contribution in [0.4, 0.5) is 0 Å². The van der Waals surface area contributed by atoms with Crippen LogP contribution in [0.2, 0.25) is 0 Å². The summed E-state index contributed by atoms with van der Waals surface area (Å²) in [6.07, 6.45) is 0.947. The van der Waals surface area contributed by atoms with Gasteiger partial charge in [0.15, 0.2) is 5.78 Å². The summed E-state index contributed by atoms with van der Waals surface area (Å²) in [4.78, 5) is 30.8. The van der Waals surface area contributed by atoms with E-state index in [1.165, 1.54) is 11.8 Å². The molecule has 7 heteroatoms. The first-order valence-electron chi connectivity index (χ1n) is 8.92. The van der Waals surface area contributed by atoms with Gasteiger partial charge in [0, 0.05) is 27.9 Å². The smallest absolute Gasteiger partial charge is 0.224 e. The first-order chi connectivity index (χ1) is 13.5. The second-order valence-electron chi connectivity index (χ2n) is 6.38. The molecule has 1 aromatic carbocycles. The largest absolute Gasteiger partial charge is 0.496 e. The van der Waals surface area contributed by atoms with E-state index in [2.05, 4.69) is 27.8 Å². The molecule has 0 atom stereocenters. The number of ether oxygens (including phenoxy) is 1. The Labute approximate surface area is 172 Å². The van der Waals surface area contributed by atoms with Crippen molar-refractivity contribution in [3.05, 3.63) is 56.7 Å². The zero-order valence-corrected chi connectivity index (χ0v) is 17.7. The van der Waals surface area contributed by atoms with Gasteiger partial charge in [0.1, 0.15) is 5.75 Å². The van der Waals surface area contributed by atoms with Crippen molar-refractivity contribution in [1.29, 1.82) is 0 Å². The van der Waals surface area contributed by atoms with E-state index in [1.54, 1.807) is 48.0 Å². The normalized spacial score (nSPS) is 10.7. The Morgan fingerprint density at radius 2 is 2.04 bits per heavy atom. The highest BCUT2D eigenvalue weighted by molar-refractivity contribution is 7.16. The van der Waals surface area contributed by atoms with Crippen LogP contribution in [0.3, 0.4) is 0 Å². The first-order valence-corrected chi connectivity index (χ1v) is 10.6. The van der Waals surface area contributed by atoms with E-state index >= 15 is 0 Å². The molecule has 0 radical (unpaired) electrons. The van der Waals surface area contributed by atoms with Gasteiger partial charge in [-0.15, -0.1) is 22.7 Å². The average molecular weight is 415 g/mol. The van der Waals surface area contributed by atoms with Gasteiger partial charge in [-0.3, -0.25) is 9.59 Å². The molecule has 3 aromatic rings. The van der Waals surface area contributed by atoms with Crippen molar-refractivity contribution in [1.82, 2.24) is 10.3 Å². The number of thiazole rings is 1. The molecule has 0 aliphatic heterocycles. The van der Waals surface area contributed by atoms with E-state index < -0.39 is 0 Å². The van der Waals surface area contributed by atoms with Crippen molar-refractivity contribution >= 4 is 34.4 Å². The van der Waals surface area contributed by atoms with E-state index in [1.807, 2.05) is 6.92 Å². The van der Waals surface area contributed by atoms with Crippen LogP contribution in [-0.4, -0.2) is 30.3 Å². The fourth-order valence-corrected chi connectivity index (χ4v) is 4.48. The third-order valence-corrected chi connectivity index (χ3v) is 6.21. The number of Topliss-reactive ketones (excluding diaryl/α,β-unsaturated/α-hetero) is 1. The minimum Gasteiger partial charge on any atom is -0.496 e. The van der Waals surface area contributed by atoms with Crippen LogP contribution in [0, 0.1) is 6.92 Å². The monoisotopic (exact) mass is 414 g/mol. The molecule has 1 N–H and O–H groups in total. The van der Waals surface area contributed by atoms with Gasteiger partial charge in [0.2, 0.25) is 5.91 Å². The summed E-state index contributed by atoms with van der Waals surface area (Å²) in [6.45, 7) is 4.07. The van der Waals surface area contributed by atoms with Crippen LogP contribution < -0.4 is 10.1 Å². The van der Waals surface area contributed by atoms with Crippen LogP contribution in [0.1, 0.15) is 32.7 Å². The number of nitrogens with zero attached hydrogens (tertiary/aromatic N) is 1. The highest BCUT2D eigenvalue weighted by Crippen LogP contribution is 2.29. The second-order valence-corrected chi connectivity index (χ2v) is 8.61. The number of aryl methyl sites for hydroxylation is 1. The van der Waals surface area contributed by atoms with Crippen molar-refractivity contribution in [2.75, 3.05) is 13.7 Å². The topological polar surface area (TPSA) is 68.3 Å². The van der Waals surface area contributed by atoms with Crippen LogP contribution in [0.5, 0.6) is 5.75 Å². The first kappa shape index (κ1) is 20.2. The quantitative estimate of drug-likeness (QED) is 0.558. The molecule has 0 saturated carbocycles. The van der Waals surface area contributed by atoms with Crippen LogP contribution in [0.25, 0.3) is 10.6 Å². The molecule has 0 fully saturated rings. The van der Waals surface area contributed by atoms with Gasteiger partial charge in [-0.25, -0.2) is 4.98 Å². The minimum absolute atomic E-state index is 0.0342. The molecule has 0 aliphatic rings. The molecule has 0 unspecified atom stereocenters. The van der Waals surface area contributed by atoms with Crippen molar-refractivity contribution in [2.24, 2.45) is 0 Å². The van der Waals surface area contributed by atoms with E-state index in [0.29, 0.717) is 23.4 Å². The van der Waals surface area contributed by atoms with Gasteiger partial charge >= 0.3 is 0 Å². The Bertz CT molecular complexity index is 991. The lowest BCUT2D eigenvalue weighted by molar-refractivity contribution is -0.120. The highest BCUT2D eigenvalue weighted by Gasteiger charge is 2.12. The van der Waals surface area contributed by atoms with Crippen molar-refractivity contribution in [3.63, 3.8) is 0 Å². The predicted molar refractivity (Wildman–Crippen MR) is 114 cm³/mol. The number of carbonyl (C=O) groups excluding carboxylic acids is 2. The molecule has 0 aliphatic carbocycles. The van der Waals surface area contributed by atoms with E-state index in [0.717, 1.165) is 22.0 Å². The Morgan fingerprint density at radius 1 is 1.21 bits per heavy atom. The van der Waals surface area contributed by atoms with Crippen LogP contribution in [0.15, 0.2) is 35.7 Å². The molecule has 28 heavy (non-hydrogen) atoms. The summed E-state index contributed by atoms with van der Waals surface area (Å²) < 4.78 is 5.31. The molecule has 1 amide bonds. The maximum Gasteiger partial charge on any atom is 0.224 e. The summed E-state index contributed by atoms with van der Waals surface area (Å²) in [5, 5.41) is 6.07. The molecule has 0 bridgehead atoms. The predicted octanol–water partition coefficient (Wildman–Crippen LogP) is 4.29. The van der Waals surface area contributed by atoms with Gasteiger partial charge in [-0.2, -0.15) is 0 Å². The van der Waals surface area contributed by atoms with Crippen molar-refractivity contribution in [3.8, 4) is 16.3 Å². The number of amides is 1. The lowest BCUT2D eigenvalue weighted by Crippen LogP contribution is -2.27. The fraction of sp³-hybridized carbons (Fsp3) is 0.286. The number of thiophene rings is 1. The summed E-state index contributed by atoms with van der Waals surface area (Å²) in [6, 6.07) is 9.32. The van der Waals surface area contributed by atoms with Crippen molar-refractivity contribution < 1.29 is 14.3 Å². The van der Waals surface area contributed by atoms with E-state index in [9.17, 15) is 9.59 Å². The zero-order valence-electron chi connectivity index (χ0n) is 16.1. The third-order valence-electron chi connectivity index (χ3n) is 4.26. The molecule has 2 aromatic heterocycles. The number of ketones is 1. The summed E-state index contributed by atoms with van der Waals surface area (Å²) in [5.74, 6) is 0.487.